The zero-order chi connectivity index (χ0) is 23.8. The average molecular weight is 462 g/mol. The molecule has 0 atom stereocenters. The lowest BCUT2D eigenvalue weighted by Gasteiger charge is -2.35. The van der Waals surface area contributed by atoms with Gasteiger partial charge in [-0.05, 0) is 24.5 Å². The van der Waals surface area contributed by atoms with Crippen molar-refractivity contribution < 1.29 is 28.6 Å². The first-order valence-corrected chi connectivity index (χ1v) is 11.7. The first-order valence-electron chi connectivity index (χ1n) is 11.7. The summed E-state index contributed by atoms with van der Waals surface area (Å²) in [4.78, 5) is 40.4. The van der Waals surface area contributed by atoms with Gasteiger partial charge in [-0.1, -0.05) is 32.1 Å². The van der Waals surface area contributed by atoms with Crippen molar-refractivity contribution in [3.8, 4) is 17.2 Å². The maximum absolute atomic E-state index is 13.1. The monoisotopic (exact) mass is 461 g/mol. The van der Waals surface area contributed by atoms with Crippen LogP contribution < -0.4 is 19.9 Å². The Hall–Kier alpha value is -2.97. The third-order valence-electron chi connectivity index (χ3n) is 6.48. The molecule has 182 valence electrons. The van der Waals surface area contributed by atoms with Gasteiger partial charge in [-0.25, -0.2) is 0 Å². The molecular weight excluding hydrogens is 426 g/mol. The van der Waals surface area contributed by atoms with Crippen LogP contribution in [0.15, 0.2) is 12.1 Å². The van der Waals surface area contributed by atoms with Gasteiger partial charge in [0.2, 0.25) is 11.7 Å². The minimum Gasteiger partial charge on any atom is -0.493 e. The van der Waals surface area contributed by atoms with E-state index in [4.69, 9.17) is 19.9 Å². The number of amides is 3. The van der Waals surface area contributed by atoms with Gasteiger partial charge in [-0.2, -0.15) is 0 Å². The van der Waals surface area contributed by atoms with Crippen LogP contribution in [-0.2, 0) is 9.59 Å². The number of carbonyl (C=O) groups excluding carboxylic acids is 3. The molecule has 0 aromatic heterocycles. The summed E-state index contributed by atoms with van der Waals surface area (Å²) in [6, 6.07) is 3.12. The highest BCUT2D eigenvalue weighted by molar-refractivity contribution is 5.96. The lowest BCUT2D eigenvalue weighted by molar-refractivity contribution is -0.133. The van der Waals surface area contributed by atoms with E-state index < -0.39 is 5.91 Å². The van der Waals surface area contributed by atoms with Gasteiger partial charge in [-0.3, -0.25) is 14.4 Å². The minimum atomic E-state index is -0.634. The summed E-state index contributed by atoms with van der Waals surface area (Å²) in [7, 11) is 2.88. The molecule has 1 saturated heterocycles. The van der Waals surface area contributed by atoms with Crippen molar-refractivity contribution >= 4 is 17.7 Å². The average Bonchev–Trinajstić information content (AvgIpc) is 2.85. The fourth-order valence-electron chi connectivity index (χ4n) is 4.59. The molecule has 33 heavy (non-hydrogen) atoms. The van der Waals surface area contributed by atoms with E-state index >= 15 is 0 Å². The van der Waals surface area contributed by atoms with Crippen LogP contribution in [0, 0.1) is 5.92 Å². The summed E-state index contributed by atoms with van der Waals surface area (Å²) in [5, 5.41) is 0. The van der Waals surface area contributed by atoms with Crippen LogP contribution in [0.2, 0.25) is 0 Å². The second-order valence-corrected chi connectivity index (χ2v) is 8.68. The molecule has 3 rings (SSSR count). The first-order chi connectivity index (χ1) is 15.9. The number of hydrogen-bond acceptors (Lipinski definition) is 6. The van der Waals surface area contributed by atoms with Crippen molar-refractivity contribution in [2.45, 2.75) is 44.9 Å². The quantitative estimate of drug-likeness (QED) is 0.604. The summed E-state index contributed by atoms with van der Waals surface area (Å²) >= 11 is 0. The van der Waals surface area contributed by atoms with E-state index in [9.17, 15) is 14.4 Å². The zero-order valence-corrected chi connectivity index (χ0v) is 19.6. The second-order valence-electron chi connectivity index (χ2n) is 8.68. The predicted molar refractivity (Wildman–Crippen MR) is 123 cm³/mol. The van der Waals surface area contributed by atoms with Gasteiger partial charge < -0.3 is 29.7 Å². The Balaban J connectivity index is 1.58. The van der Waals surface area contributed by atoms with Crippen molar-refractivity contribution in [1.29, 1.82) is 0 Å². The van der Waals surface area contributed by atoms with E-state index in [0.717, 1.165) is 6.42 Å². The molecule has 1 aromatic rings. The Morgan fingerprint density at radius 3 is 2.06 bits per heavy atom. The van der Waals surface area contributed by atoms with E-state index in [1.54, 1.807) is 17.0 Å². The molecule has 9 heteroatoms. The second kappa shape index (κ2) is 11.8. The summed E-state index contributed by atoms with van der Waals surface area (Å²) < 4.78 is 16.1. The summed E-state index contributed by atoms with van der Waals surface area (Å²) in [6.07, 6.45) is 7.95. The van der Waals surface area contributed by atoms with Gasteiger partial charge in [0.25, 0.3) is 11.8 Å². The molecule has 9 nitrogen and oxygen atoms in total. The van der Waals surface area contributed by atoms with Gasteiger partial charge in [0.1, 0.15) is 0 Å². The van der Waals surface area contributed by atoms with Crippen LogP contribution in [0.5, 0.6) is 17.2 Å². The van der Waals surface area contributed by atoms with Gasteiger partial charge >= 0.3 is 0 Å². The number of rotatable bonds is 9. The number of carbonyl (C=O) groups is 3. The number of nitrogens with two attached hydrogens (primary N) is 1. The molecule has 3 amide bonds. The lowest BCUT2D eigenvalue weighted by atomic mass is 9.86. The molecule has 1 heterocycles. The van der Waals surface area contributed by atoms with Crippen molar-refractivity contribution in [2.75, 3.05) is 47.0 Å². The molecule has 1 aliphatic heterocycles. The van der Waals surface area contributed by atoms with Crippen LogP contribution >= 0.6 is 0 Å². The number of ether oxygens (including phenoxy) is 3. The molecule has 0 spiro atoms. The van der Waals surface area contributed by atoms with Crippen LogP contribution in [0.3, 0.4) is 0 Å². The summed E-state index contributed by atoms with van der Waals surface area (Å²) in [5.74, 6) is 0.819. The maximum Gasteiger partial charge on any atom is 0.255 e. The van der Waals surface area contributed by atoms with Gasteiger partial charge in [0.05, 0.1) is 14.2 Å². The van der Waals surface area contributed by atoms with Crippen molar-refractivity contribution in [2.24, 2.45) is 11.7 Å². The third kappa shape index (κ3) is 6.52. The SMILES string of the molecule is COc1cc(C(=O)N2CCN(C(=O)CCC3CCCCC3)CC2)cc(OC)c1OCC(N)=O. The molecule has 0 radical (unpaired) electrons. The highest BCUT2D eigenvalue weighted by atomic mass is 16.5. The largest absolute Gasteiger partial charge is 0.493 e. The number of hydrogen-bond donors (Lipinski definition) is 1. The molecule has 1 saturated carbocycles. The predicted octanol–water partition coefficient (Wildman–Crippen LogP) is 2.21. The maximum atomic E-state index is 13.1. The first kappa shape index (κ1) is 24.7. The van der Waals surface area contributed by atoms with E-state index in [1.165, 1.54) is 46.3 Å². The number of piperazine rings is 1. The van der Waals surface area contributed by atoms with Crippen LogP contribution in [0.25, 0.3) is 0 Å². The number of primary amides is 1. The van der Waals surface area contributed by atoms with Crippen LogP contribution in [0.1, 0.15) is 55.3 Å². The standard InChI is InChI=1S/C24H35N3O6/c1-31-19-14-18(15-20(32-2)23(19)33-16-21(25)28)24(30)27-12-10-26(11-13-27)22(29)9-8-17-6-4-3-5-7-17/h14-15,17H,3-13,16H2,1-2H3,(H2,25,28). The highest BCUT2D eigenvalue weighted by Crippen LogP contribution is 2.39. The van der Waals surface area contributed by atoms with Crippen molar-refractivity contribution in [1.82, 2.24) is 9.80 Å². The fourth-order valence-corrected chi connectivity index (χ4v) is 4.59. The van der Waals surface area contributed by atoms with Gasteiger partial charge in [0.15, 0.2) is 18.1 Å². The number of benzene rings is 1. The molecule has 2 fully saturated rings. The molecule has 2 aliphatic rings. The molecule has 0 bridgehead atoms. The third-order valence-corrected chi connectivity index (χ3v) is 6.48. The van der Waals surface area contributed by atoms with E-state index in [0.29, 0.717) is 44.1 Å². The summed E-state index contributed by atoms with van der Waals surface area (Å²) in [6.45, 7) is 1.67. The van der Waals surface area contributed by atoms with Crippen molar-refractivity contribution in [3.05, 3.63) is 17.7 Å². The van der Waals surface area contributed by atoms with Crippen LogP contribution in [-0.4, -0.2) is 74.5 Å². The van der Waals surface area contributed by atoms with Gasteiger partial charge in [0, 0.05) is 38.2 Å². The Morgan fingerprint density at radius 1 is 0.939 bits per heavy atom. The number of nitrogens with zero attached hydrogens (tertiary/aromatic N) is 2. The Labute approximate surface area is 195 Å². The van der Waals surface area contributed by atoms with E-state index in [1.807, 2.05) is 4.90 Å². The van der Waals surface area contributed by atoms with E-state index in [2.05, 4.69) is 0 Å². The Morgan fingerprint density at radius 2 is 1.52 bits per heavy atom. The zero-order valence-electron chi connectivity index (χ0n) is 19.6. The molecular formula is C24H35N3O6. The van der Waals surface area contributed by atoms with Gasteiger partial charge in [-0.15, -0.1) is 0 Å². The summed E-state index contributed by atoms with van der Waals surface area (Å²) in [5.41, 5.74) is 5.54. The Kier molecular flexibility index (Phi) is 8.79. The van der Waals surface area contributed by atoms with E-state index in [-0.39, 0.29) is 35.7 Å². The molecule has 0 unspecified atom stereocenters. The number of methoxy groups -OCH3 is 2. The fraction of sp³-hybridized carbons (Fsp3) is 0.625. The minimum absolute atomic E-state index is 0.178. The molecule has 1 aromatic carbocycles. The topological polar surface area (TPSA) is 111 Å². The van der Waals surface area contributed by atoms with Crippen LogP contribution in [0.4, 0.5) is 0 Å². The van der Waals surface area contributed by atoms with Crippen molar-refractivity contribution in [3.63, 3.8) is 0 Å². The molecule has 2 N–H and O–H groups in total. The molecule has 1 aliphatic carbocycles. The highest BCUT2D eigenvalue weighted by Gasteiger charge is 2.27. The Bertz CT molecular complexity index is 820. The normalized spacial score (nSPS) is 16.9. The smallest absolute Gasteiger partial charge is 0.255 e. The lowest BCUT2D eigenvalue weighted by Crippen LogP contribution is -2.50.